The van der Waals surface area contributed by atoms with E-state index in [0.29, 0.717) is 12.1 Å². The summed E-state index contributed by atoms with van der Waals surface area (Å²) in [6, 6.07) is 11.5. The third kappa shape index (κ3) is 3.47. The van der Waals surface area contributed by atoms with Crippen molar-refractivity contribution < 1.29 is 14.3 Å². The molecule has 0 atom stereocenters. The number of para-hydroxylation sites is 1. The number of aromatic hydroxyl groups is 1. The van der Waals surface area contributed by atoms with Gasteiger partial charge < -0.3 is 16.2 Å². The highest BCUT2D eigenvalue weighted by molar-refractivity contribution is 5.78. The minimum absolute atomic E-state index is 0.146. The Hall–Kier alpha value is -2.56. The maximum atomic E-state index is 13.2. The van der Waals surface area contributed by atoms with Crippen LogP contribution >= 0.6 is 0 Å². The monoisotopic (exact) mass is 274 g/mol. The van der Waals surface area contributed by atoms with Crippen LogP contribution in [0.5, 0.6) is 5.75 Å². The summed E-state index contributed by atoms with van der Waals surface area (Å²) in [7, 11) is 0. The third-order valence-corrected chi connectivity index (χ3v) is 2.88. The van der Waals surface area contributed by atoms with Gasteiger partial charge in [0.25, 0.3) is 0 Å². The normalized spacial score (nSPS) is 10.2. The Bertz CT molecular complexity index is 629. The number of rotatable bonds is 5. The van der Waals surface area contributed by atoms with Crippen molar-refractivity contribution in [2.45, 2.75) is 13.0 Å². The molecule has 0 aromatic heterocycles. The van der Waals surface area contributed by atoms with Gasteiger partial charge in [-0.15, -0.1) is 0 Å². The number of halogens is 1. The van der Waals surface area contributed by atoms with Crippen LogP contribution < -0.4 is 11.1 Å². The predicted molar refractivity (Wildman–Crippen MR) is 74.7 cm³/mol. The summed E-state index contributed by atoms with van der Waals surface area (Å²) >= 11 is 0. The highest BCUT2D eigenvalue weighted by Crippen LogP contribution is 2.19. The highest BCUT2D eigenvalue weighted by atomic mass is 19.1. The number of hydrogen-bond acceptors (Lipinski definition) is 3. The highest BCUT2D eigenvalue weighted by Gasteiger charge is 2.06. The van der Waals surface area contributed by atoms with Gasteiger partial charge in [-0.05, 0) is 29.3 Å². The fraction of sp³-hybridized carbons (Fsp3) is 0.133. The number of hydrogen-bond donors (Lipinski definition) is 3. The first-order chi connectivity index (χ1) is 9.56. The van der Waals surface area contributed by atoms with E-state index < -0.39 is 11.7 Å². The molecular formula is C15H15FN2O2. The standard InChI is InChI=1S/C15H15FN2O2/c16-12-7-10(5-6-14(12)19)9-18-13-4-2-1-3-11(13)8-15(17)20/h1-7,18-19H,8-9H2,(H2,17,20). The number of amides is 1. The average molecular weight is 274 g/mol. The molecule has 2 rings (SSSR count). The lowest BCUT2D eigenvalue weighted by atomic mass is 10.1. The van der Waals surface area contributed by atoms with E-state index in [2.05, 4.69) is 5.32 Å². The van der Waals surface area contributed by atoms with E-state index in [1.807, 2.05) is 24.3 Å². The minimum Gasteiger partial charge on any atom is -0.505 e. The zero-order valence-corrected chi connectivity index (χ0v) is 10.8. The molecule has 0 saturated heterocycles. The van der Waals surface area contributed by atoms with Crippen LogP contribution in [0.2, 0.25) is 0 Å². The zero-order chi connectivity index (χ0) is 14.5. The Morgan fingerprint density at radius 3 is 2.70 bits per heavy atom. The van der Waals surface area contributed by atoms with Crippen LogP contribution in [0.3, 0.4) is 0 Å². The Labute approximate surface area is 116 Å². The number of phenols is 1. The quantitative estimate of drug-likeness (QED) is 0.782. The number of carbonyl (C=O) groups excluding carboxylic acids is 1. The van der Waals surface area contributed by atoms with Crippen molar-refractivity contribution in [1.82, 2.24) is 0 Å². The van der Waals surface area contributed by atoms with Crippen molar-refractivity contribution in [1.29, 1.82) is 0 Å². The summed E-state index contributed by atoms with van der Waals surface area (Å²) in [4.78, 5) is 11.0. The van der Waals surface area contributed by atoms with Crippen molar-refractivity contribution in [2.75, 3.05) is 5.32 Å². The van der Waals surface area contributed by atoms with E-state index in [4.69, 9.17) is 10.8 Å². The summed E-state index contributed by atoms with van der Waals surface area (Å²) in [6.07, 6.45) is 0.146. The largest absolute Gasteiger partial charge is 0.505 e. The Morgan fingerprint density at radius 2 is 2.00 bits per heavy atom. The van der Waals surface area contributed by atoms with Crippen LogP contribution in [0, 0.1) is 5.82 Å². The zero-order valence-electron chi connectivity index (χ0n) is 10.8. The van der Waals surface area contributed by atoms with Crippen LogP contribution in [0.15, 0.2) is 42.5 Å². The average Bonchev–Trinajstić information content (AvgIpc) is 2.41. The predicted octanol–water partition coefficient (Wildman–Crippen LogP) is 2.17. The van der Waals surface area contributed by atoms with Crippen LogP contribution in [0.1, 0.15) is 11.1 Å². The first-order valence-electron chi connectivity index (χ1n) is 6.13. The van der Waals surface area contributed by atoms with Gasteiger partial charge in [0.1, 0.15) is 0 Å². The molecule has 2 aromatic carbocycles. The fourth-order valence-electron chi connectivity index (χ4n) is 1.89. The van der Waals surface area contributed by atoms with Gasteiger partial charge in [0.05, 0.1) is 6.42 Å². The molecule has 1 amide bonds. The van der Waals surface area contributed by atoms with E-state index >= 15 is 0 Å². The molecule has 2 aromatic rings. The molecule has 104 valence electrons. The summed E-state index contributed by atoms with van der Waals surface area (Å²) in [6.45, 7) is 0.382. The first kappa shape index (κ1) is 13.9. The molecule has 0 fully saturated rings. The smallest absolute Gasteiger partial charge is 0.221 e. The maximum Gasteiger partial charge on any atom is 0.221 e. The van der Waals surface area contributed by atoms with Crippen molar-refractivity contribution in [2.24, 2.45) is 5.73 Å². The lowest BCUT2D eigenvalue weighted by molar-refractivity contribution is -0.117. The summed E-state index contributed by atoms with van der Waals surface area (Å²) in [5.74, 6) is -1.44. The minimum atomic E-state index is -0.658. The van der Waals surface area contributed by atoms with Gasteiger partial charge in [0.15, 0.2) is 11.6 Å². The van der Waals surface area contributed by atoms with Crippen LogP contribution in [0.25, 0.3) is 0 Å². The van der Waals surface area contributed by atoms with Crippen LogP contribution in [-0.2, 0) is 17.8 Å². The van der Waals surface area contributed by atoms with Gasteiger partial charge in [0, 0.05) is 12.2 Å². The van der Waals surface area contributed by atoms with Gasteiger partial charge in [-0.1, -0.05) is 24.3 Å². The number of nitrogens with two attached hydrogens (primary N) is 1. The lowest BCUT2D eigenvalue weighted by Gasteiger charge is -2.11. The van der Waals surface area contributed by atoms with Gasteiger partial charge in [-0.2, -0.15) is 0 Å². The number of carbonyl (C=O) groups is 1. The number of anilines is 1. The molecule has 0 aliphatic rings. The Kier molecular flexibility index (Phi) is 4.20. The van der Waals surface area contributed by atoms with E-state index in [0.717, 1.165) is 11.3 Å². The second-order valence-corrected chi connectivity index (χ2v) is 4.44. The molecule has 4 N–H and O–H groups in total. The van der Waals surface area contributed by atoms with Crippen molar-refractivity contribution in [3.05, 3.63) is 59.4 Å². The molecular weight excluding hydrogens is 259 g/mol. The topological polar surface area (TPSA) is 75.4 Å². The van der Waals surface area contributed by atoms with E-state index in [-0.39, 0.29) is 12.2 Å². The molecule has 0 aliphatic carbocycles. The van der Waals surface area contributed by atoms with Gasteiger partial charge in [-0.25, -0.2) is 4.39 Å². The lowest BCUT2D eigenvalue weighted by Crippen LogP contribution is -2.15. The van der Waals surface area contributed by atoms with Gasteiger partial charge in [0.2, 0.25) is 5.91 Å². The first-order valence-corrected chi connectivity index (χ1v) is 6.13. The molecule has 20 heavy (non-hydrogen) atoms. The number of benzene rings is 2. The second-order valence-electron chi connectivity index (χ2n) is 4.44. The molecule has 0 radical (unpaired) electrons. The summed E-state index contributed by atoms with van der Waals surface area (Å²) in [5, 5.41) is 12.3. The number of nitrogens with one attached hydrogen (secondary N) is 1. The molecule has 4 nitrogen and oxygen atoms in total. The second kappa shape index (κ2) is 6.06. The molecule has 0 aliphatic heterocycles. The summed E-state index contributed by atoms with van der Waals surface area (Å²) in [5.41, 5.74) is 7.45. The van der Waals surface area contributed by atoms with Crippen molar-refractivity contribution >= 4 is 11.6 Å². The molecule has 0 unspecified atom stereocenters. The van der Waals surface area contributed by atoms with E-state index in [9.17, 15) is 9.18 Å². The number of phenolic OH excluding ortho intramolecular Hbond substituents is 1. The molecule has 0 spiro atoms. The summed E-state index contributed by atoms with van der Waals surface area (Å²) < 4.78 is 13.2. The molecule has 5 heteroatoms. The van der Waals surface area contributed by atoms with Crippen LogP contribution in [0.4, 0.5) is 10.1 Å². The molecule has 0 heterocycles. The Morgan fingerprint density at radius 1 is 1.25 bits per heavy atom. The molecule has 0 bridgehead atoms. The van der Waals surface area contributed by atoms with Gasteiger partial charge >= 0.3 is 0 Å². The van der Waals surface area contributed by atoms with Crippen molar-refractivity contribution in [3.8, 4) is 5.75 Å². The Balaban J connectivity index is 2.10. The SMILES string of the molecule is NC(=O)Cc1ccccc1NCc1ccc(O)c(F)c1. The van der Waals surface area contributed by atoms with Gasteiger partial charge in [-0.3, -0.25) is 4.79 Å². The number of primary amides is 1. The third-order valence-electron chi connectivity index (χ3n) is 2.88. The van der Waals surface area contributed by atoms with Crippen LogP contribution in [-0.4, -0.2) is 11.0 Å². The van der Waals surface area contributed by atoms with E-state index in [1.54, 1.807) is 6.07 Å². The maximum absolute atomic E-state index is 13.2. The molecule has 0 saturated carbocycles. The van der Waals surface area contributed by atoms with Crippen molar-refractivity contribution in [3.63, 3.8) is 0 Å². The van der Waals surface area contributed by atoms with E-state index in [1.165, 1.54) is 12.1 Å². The fourth-order valence-corrected chi connectivity index (χ4v) is 1.89.